The molecule has 1 saturated heterocycles. The van der Waals surface area contributed by atoms with Gasteiger partial charge in [0.15, 0.2) is 5.82 Å². The Labute approximate surface area is 145 Å². The maximum Gasteiger partial charge on any atom is 0.324 e. The van der Waals surface area contributed by atoms with Gasteiger partial charge in [-0.05, 0) is 44.0 Å². The molecule has 8 heteroatoms. The van der Waals surface area contributed by atoms with Gasteiger partial charge < -0.3 is 15.6 Å². The summed E-state index contributed by atoms with van der Waals surface area (Å²) in [5.74, 6) is 0.688. The van der Waals surface area contributed by atoms with Gasteiger partial charge in [-0.15, -0.1) is 0 Å². The van der Waals surface area contributed by atoms with Crippen molar-refractivity contribution in [3.8, 4) is 0 Å². The molecule has 1 fully saturated rings. The van der Waals surface area contributed by atoms with Crippen molar-refractivity contribution in [2.75, 3.05) is 17.2 Å². The van der Waals surface area contributed by atoms with E-state index in [9.17, 15) is 9.59 Å². The number of nitrogens with two attached hydrogens (primary N) is 1. The van der Waals surface area contributed by atoms with E-state index in [1.807, 2.05) is 18.2 Å². The third-order valence-electron chi connectivity index (χ3n) is 4.13. The molecule has 1 aliphatic rings. The zero-order chi connectivity index (χ0) is 17.8. The molecule has 0 spiro atoms. The summed E-state index contributed by atoms with van der Waals surface area (Å²) < 4.78 is 4.90. The van der Waals surface area contributed by atoms with Crippen molar-refractivity contribution in [2.45, 2.75) is 32.4 Å². The second-order valence-electron chi connectivity index (χ2n) is 6.13. The predicted molar refractivity (Wildman–Crippen MR) is 92.9 cm³/mol. The summed E-state index contributed by atoms with van der Waals surface area (Å²) in [6, 6.07) is 8.52. The van der Waals surface area contributed by atoms with Crippen LogP contribution in [0, 0.1) is 6.92 Å². The van der Waals surface area contributed by atoms with Crippen LogP contribution >= 0.6 is 0 Å². The molecular weight excluding hydrogens is 322 g/mol. The molecule has 3 amide bonds. The van der Waals surface area contributed by atoms with E-state index >= 15 is 0 Å². The Balaban J connectivity index is 1.61. The van der Waals surface area contributed by atoms with Crippen molar-refractivity contribution < 1.29 is 14.1 Å². The van der Waals surface area contributed by atoms with Gasteiger partial charge in [-0.3, -0.25) is 15.0 Å². The van der Waals surface area contributed by atoms with E-state index in [0.29, 0.717) is 23.8 Å². The molecule has 0 radical (unpaired) electrons. The molecular formula is C17H21N5O3. The number of benzene rings is 1. The number of carbonyl (C=O) groups is 2. The number of carbonyl (C=O) groups excluding carboxylic acids is 2. The molecule has 132 valence electrons. The van der Waals surface area contributed by atoms with Gasteiger partial charge in [-0.1, -0.05) is 17.3 Å². The van der Waals surface area contributed by atoms with Crippen LogP contribution in [0.4, 0.5) is 16.3 Å². The topological polar surface area (TPSA) is 113 Å². The zero-order valence-electron chi connectivity index (χ0n) is 14.0. The Hall–Kier alpha value is -2.87. The summed E-state index contributed by atoms with van der Waals surface area (Å²) in [6.45, 7) is 3.21. The molecule has 0 saturated carbocycles. The summed E-state index contributed by atoms with van der Waals surface area (Å²) in [5.41, 5.74) is 7.11. The third-order valence-corrected chi connectivity index (χ3v) is 4.13. The molecule has 1 aliphatic heterocycles. The van der Waals surface area contributed by atoms with Crippen LogP contribution < -0.4 is 16.4 Å². The maximum atomic E-state index is 12.0. The van der Waals surface area contributed by atoms with Crippen LogP contribution in [-0.2, 0) is 11.3 Å². The third kappa shape index (κ3) is 4.36. The number of hydrogen-bond acceptors (Lipinski definition) is 5. The van der Waals surface area contributed by atoms with Gasteiger partial charge in [0, 0.05) is 18.3 Å². The fraction of sp³-hybridized carbons (Fsp3) is 0.353. The number of hydrogen-bond donors (Lipinski definition) is 3. The van der Waals surface area contributed by atoms with E-state index in [4.69, 9.17) is 10.3 Å². The molecule has 2 aromatic rings. The molecule has 25 heavy (non-hydrogen) atoms. The van der Waals surface area contributed by atoms with E-state index in [1.54, 1.807) is 19.1 Å². The average molecular weight is 343 g/mol. The lowest BCUT2D eigenvalue weighted by atomic mass is 10.1. The van der Waals surface area contributed by atoms with Crippen LogP contribution in [0.2, 0.25) is 0 Å². The number of aryl methyl sites for hydroxylation is 1. The summed E-state index contributed by atoms with van der Waals surface area (Å²) >= 11 is 0. The lowest BCUT2D eigenvalue weighted by Gasteiger charge is -2.22. The summed E-state index contributed by atoms with van der Waals surface area (Å²) in [6.07, 6.45) is 1.76. The highest BCUT2D eigenvalue weighted by molar-refractivity contribution is 5.99. The largest absolute Gasteiger partial charge is 0.368 e. The summed E-state index contributed by atoms with van der Waals surface area (Å²) in [7, 11) is 0. The number of nitrogens with zero attached hydrogens (tertiary/aromatic N) is 2. The number of primary amides is 1. The molecule has 1 unspecified atom stereocenters. The SMILES string of the molecule is Cc1cc(NC(=O)Nc2cccc(CN3CCCC3C(N)=O)c2)no1. The van der Waals surface area contributed by atoms with Crippen molar-refractivity contribution in [1.29, 1.82) is 0 Å². The number of amides is 3. The van der Waals surface area contributed by atoms with E-state index in [0.717, 1.165) is 24.9 Å². The fourth-order valence-electron chi connectivity index (χ4n) is 3.02. The first-order chi connectivity index (χ1) is 12.0. The Morgan fingerprint density at radius 3 is 2.92 bits per heavy atom. The zero-order valence-corrected chi connectivity index (χ0v) is 14.0. The van der Waals surface area contributed by atoms with E-state index in [2.05, 4.69) is 20.7 Å². The molecule has 0 bridgehead atoms. The van der Waals surface area contributed by atoms with E-state index < -0.39 is 6.03 Å². The van der Waals surface area contributed by atoms with Gasteiger partial charge in [0.2, 0.25) is 5.91 Å². The van der Waals surface area contributed by atoms with Crippen molar-refractivity contribution in [1.82, 2.24) is 10.1 Å². The van der Waals surface area contributed by atoms with Gasteiger partial charge in [0.05, 0.1) is 6.04 Å². The van der Waals surface area contributed by atoms with Crippen molar-refractivity contribution in [3.63, 3.8) is 0 Å². The fourth-order valence-corrected chi connectivity index (χ4v) is 3.02. The molecule has 0 aliphatic carbocycles. The number of likely N-dealkylation sites (tertiary alicyclic amines) is 1. The number of nitrogens with one attached hydrogen (secondary N) is 2. The lowest BCUT2D eigenvalue weighted by molar-refractivity contribution is -0.122. The van der Waals surface area contributed by atoms with Crippen molar-refractivity contribution in [3.05, 3.63) is 41.7 Å². The minimum Gasteiger partial charge on any atom is -0.368 e. The van der Waals surface area contributed by atoms with Gasteiger partial charge >= 0.3 is 6.03 Å². The highest BCUT2D eigenvalue weighted by atomic mass is 16.5. The average Bonchev–Trinajstić information content (AvgIpc) is 3.16. The molecule has 1 aromatic carbocycles. The van der Waals surface area contributed by atoms with Crippen LogP contribution in [0.3, 0.4) is 0 Å². The molecule has 2 heterocycles. The minimum atomic E-state index is -0.401. The Morgan fingerprint density at radius 1 is 1.36 bits per heavy atom. The lowest BCUT2D eigenvalue weighted by Crippen LogP contribution is -2.39. The number of anilines is 2. The van der Waals surface area contributed by atoms with Crippen molar-refractivity contribution in [2.24, 2.45) is 5.73 Å². The number of urea groups is 1. The van der Waals surface area contributed by atoms with Gasteiger partial charge in [-0.25, -0.2) is 4.79 Å². The highest BCUT2D eigenvalue weighted by Crippen LogP contribution is 2.21. The first-order valence-corrected chi connectivity index (χ1v) is 8.15. The molecule has 4 N–H and O–H groups in total. The first kappa shape index (κ1) is 17.0. The molecule has 3 rings (SSSR count). The standard InChI is InChI=1S/C17H21N5O3/c1-11-8-15(21-25-11)20-17(24)19-13-5-2-4-12(9-13)10-22-7-3-6-14(22)16(18)23/h2,4-5,8-9,14H,3,6-7,10H2,1H3,(H2,18,23)(H2,19,20,21,24). The van der Waals surface area contributed by atoms with Gasteiger partial charge in [-0.2, -0.15) is 0 Å². The number of aromatic nitrogens is 1. The van der Waals surface area contributed by atoms with Crippen LogP contribution in [0.1, 0.15) is 24.2 Å². The normalized spacial score (nSPS) is 17.4. The summed E-state index contributed by atoms with van der Waals surface area (Å²) in [4.78, 5) is 25.6. The highest BCUT2D eigenvalue weighted by Gasteiger charge is 2.28. The van der Waals surface area contributed by atoms with Crippen molar-refractivity contribution >= 4 is 23.4 Å². The molecule has 1 aromatic heterocycles. The monoisotopic (exact) mass is 343 g/mol. The van der Waals surface area contributed by atoms with Gasteiger partial charge in [0.25, 0.3) is 0 Å². The Bertz CT molecular complexity index is 773. The van der Waals surface area contributed by atoms with E-state index in [1.165, 1.54) is 0 Å². The van der Waals surface area contributed by atoms with Crippen LogP contribution in [0.25, 0.3) is 0 Å². The Kier molecular flexibility index (Phi) is 4.99. The molecule has 8 nitrogen and oxygen atoms in total. The first-order valence-electron chi connectivity index (χ1n) is 8.15. The number of rotatable bonds is 5. The smallest absolute Gasteiger partial charge is 0.324 e. The van der Waals surface area contributed by atoms with Gasteiger partial charge in [0.1, 0.15) is 5.76 Å². The second-order valence-corrected chi connectivity index (χ2v) is 6.13. The van der Waals surface area contributed by atoms with Crippen LogP contribution in [0.5, 0.6) is 0 Å². The molecule has 1 atom stereocenters. The maximum absolute atomic E-state index is 12.0. The van der Waals surface area contributed by atoms with Crippen LogP contribution in [0.15, 0.2) is 34.9 Å². The van der Waals surface area contributed by atoms with Crippen LogP contribution in [-0.4, -0.2) is 34.6 Å². The summed E-state index contributed by atoms with van der Waals surface area (Å²) in [5, 5.41) is 9.07. The Morgan fingerprint density at radius 2 is 2.20 bits per heavy atom. The quantitative estimate of drug-likeness (QED) is 0.769. The minimum absolute atomic E-state index is 0.213. The second kappa shape index (κ2) is 7.35. The van der Waals surface area contributed by atoms with E-state index in [-0.39, 0.29) is 11.9 Å². The predicted octanol–water partition coefficient (Wildman–Crippen LogP) is 2.08.